The quantitative estimate of drug-likeness (QED) is 0.438. The number of hydrogen-bond acceptors (Lipinski definition) is 5. The Labute approximate surface area is 141 Å². The summed E-state index contributed by atoms with van der Waals surface area (Å²) in [7, 11) is 1.34. The number of methoxy groups -OCH3 is 1. The van der Waals surface area contributed by atoms with Gasteiger partial charge in [0.05, 0.1) is 24.2 Å². The Morgan fingerprint density at radius 3 is 2.73 bits per heavy atom. The van der Waals surface area contributed by atoms with E-state index >= 15 is 0 Å². The third-order valence-corrected chi connectivity index (χ3v) is 4.54. The lowest BCUT2D eigenvalue weighted by molar-refractivity contribution is -0.136. The van der Waals surface area contributed by atoms with Crippen LogP contribution in [0.3, 0.4) is 0 Å². The first-order chi connectivity index (χ1) is 10.4. The molecular formula is C16H14INO4. The number of halogens is 1. The highest BCUT2D eigenvalue weighted by Gasteiger charge is 2.42. The Morgan fingerprint density at radius 1 is 1.32 bits per heavy atom. The van der Waals surface area contributed by atoms with E-state index in [1.54, 1.807) is 19.9 Å². The predicted octanol–water partition coefficient (Wildman–Crippen LogP) is 2.62. The topological polar surface area (TPSA) is 64.6 Å². The number of fused-ring (bicyclic) bond motifs is 3. The molecule has 5 nitrogen and oxygen atoms in total. The molecule has 22 heavy (non-hydrogen) atoms. The highest BCUT2D eigenvalue weighted by atomic mass is 127. The van der Waals surface area contributed by atoms with E-state index in [9.17, 15) is 9.59 Å². The van der Waals surface area contributed by atoms with Crippen LogP contribution in [0, 0.1) is 3.57 Å². The summed E-state index contributed by atoms with van der Waals surface area (Å²) in [6, 6.07) is 5.55. The number of carbonyl (C=O) groups is 2. The molecule has 2 heterocycles. The fourth-order valence-corrected chi connectivity index (χ4v) is 3.46. The van der Waals surface area contributed by atoms with Gasteiger partial charge in [-0.25, -0.2) is 9.59 Å². The van der Waals surface area contributed by atoms with Crippen molar-refractivity contribution in [3.8, 4) is 5.75 Å². The molecule has 1 unspecified atom stereocenters. The molecular weight excluding hydrogens is 397 g/mol. The molecule has 1 N–H and O–H groups in total. The minimum absolute atomic E-state index is 0.433. The number of ether oxygens (including phenoxy) is 2. The van der Waals surface area contributed by atoms with Crippen LogP contribution in [0.2, 0.25) is 0 Å². The summed E-state index contributed by atoms with van der Waals surface area (Å²) in [5, 5.41) is 3.08. The molecule has 0 aromatic heterocycles. The monoisotopic (exact) mass is 411 g/mol. The molecule has 0 spiro atoms. The van der Waals surface area contributed by atoms with Crippen molar-refractivity contribution in [1.29, 1.82) is 0 Å². The van der Waals surface area contributed by atoms with Gasteiger partial charge >= 0.3 is 11.9 Å². The van der Waals surface area contributed by atoms with Crippen molar-refractivity contribution in [2.75, 3.05) is 7.11 Å². The summed E-state index contributed by atoms with van der Waals surface area (Å²) in [6.07, 6.45) is 0. The van der Waals surface area contributed by atoms with Crippen LogP contribution in [-0.2, 0) is 14.3 Å². The molecule has 0 aliphatic carbocycles. The van der Waals surface area contributed by atoms with Crippen LogP contribution in [0.5, 0.6) is 5.75 Å². The molecule has 3 rings (SSSR count). The largest absolute Gasteiger partial charge is 0.466 e. The van der Waals surface area contributed by atoms with Crippen molar-refractivity contribution < 1.29 is 19.1 Å². The Morgan fingerprint density at radius 2 is 2.05 bits per heavy atom. The van der Waals surface area contributed by atoms with Crippen LogP contribution in [-0.4, -0.2) is 19.0 Å². The van der Waals surface area contributed by atoms with E-state index < -0.39 is 17.9 Å². The Balaban J connectivity index is 2.28. The third-order valence-electron chi connectivity index (χ3n) is 3.87. The Hall–Kier alpha value is -1.83. The van der Waals surface area contributed by atoms with Gasteiger partial charge in [0.1, 0.15) is 5.75 Å². The summed E-state index contributed by atoms with van der Waals surface area (Å²) in [5.74, 6) is -0.847. The van der Waals surface area contributed by atoms with Crippen molar-refractivity contribution >= 4 is 34.5 Å². The number of esters is 2. The fourth-order valence-electron chi connectivity index (χ4n) is 2.95. The zero-order valence-corrected chi connectivity index (χ0v) is 14.5. The standard InChI is InChI=1S/C16H14INO4/c1-7-12(15(19)21-3)14-10-6-9(17)4-5-11(10)22-16(20)13(14)8(2)18-7/h4-6,14,18H,1-3H3. The number of allylic oxidation sites excluding steroid dienone is 2. The second kappa shape index (κ2) is 5.42. The molecule has 0 saturated carbocycles. The first kappa shape index (κ1) is 15.1. The van der Waals surface area contributed by atoms with Crippen molar-refractivity contribution in [3.05, 3.63) is 49.9 Å². The average Bonchev–Trinajstić information content (AvgIpc) is 2.47. The number of rotatable bonds is 1. The fraction of sp³-hybridized carbons (Fsp3) is 0.250. The van der Waals surface area contributed by atoms with Gasteiger partial charge in [-0.05, 0) is 54.6 Å². The molecule has 2 aliphatic rings. The van der Waals surface area contributed by atoms with E-state index in [0.29, 0.717) is 28.3 Å². The molecule has 1 atom stereocenters. The summed E-state index contributed by atoms with van der Waals surface area (Å²) >= 11 is 2.19. The summed E-state index contributed by atoms with van der Waals surface area (Å²) in [6.45, 7) is 3.61. The van der Waals surface area contributed by atoms with Gasteiger partial charge in [-0.3, -0.25) is 0 Å². The molecule has 0 fully saturated rings. The van der Waals surface area contributed by atoms with E-state index in [2.05, 4.69) is 27.9 Å². The zero-order chi connectivity index (χ0) is 16.0. The minimum Gasteiger partial charge on any atom is -0.466 e. The molecule has 2 aliphatic heterocycles. The van der Waals surface area contributed by atoms with E-state index in [1.165, 1.54) is 7.11 Å². The maximum absolute atomic E-state index is 12.4. The number of benzene rings is 1. The van der Waals surface area contributed by atoms with Gasteiger partial charge in [-0.1, -0.05) is 0 Å². The Bertz CT molecular complexity index is 763. The second-order valence-electron chi connectivity index (χ2n) is 5.20. The van der Waals surface area contributed by atoms with Crippen molar-refractivity contribution in [1.82, 2.24) is 5.32 Å². The average molecular weight is 411 g/mol. The van der Waals surface area contributed by atoms with Gasteiger partial charge in [-0.15, -0.1) is 0 Å². The maximum atomic E-state index is 12.4. The smallest absolute Gasteiger partial charge is 0.342 e. The summed E-state index contributed by atoms with van der Waals surface area (Å²) in [5.41, 5.74) is 3.10. The van der Waals surface area contributed by atoms with Crippen molar-refractivity contribution in [2.24, 2.45) is 0 Å². The highest BCUT2D eigenvalue weighted by molar-refractivity contribution is 14.1. The predicted molar refractivity (Wildman–Crippen MR) is 88.1 cm³/mol. The van der Waals surface area contributed by atoms with Gasteiger partial charge in [-0.2, -0.15) is 0 Å². The van der Waals surface area contributed by atoms with E-state index in [-0.39, 0.29) is 0 Å². The normalized spacial score (nSPS) is 20.0. The second-order valence-corrected chi connectivity index (χ2v) is 6.44. The zero-order valence-electron chi connectivity index (χ0n) is 12.3. The van der Waals surface area contributed by atoms with E-state index in [0.717, 1.165) is 9.13 Å². The molecule has 0 amide bonds. The van der Waals surface area contributed by atoms with Gasteiger partial charge in [0.15, 0.2) is 0 Å². The molecule has 0 saturated heterocycles. The highest BCUT2D eigenvalue weighted by Crippen LogP contribution is 2.46. The lowest BCUT2D eigenvalue weighted by Gasteiger charge is -2.34. The molecule has 0 bridgehead atoms. The van der Waals surface area contributed by atoms with Crippen molar-refractivity contribution in [3.63, 3.8) is 0 Å². The maximum Gasteiger partial charge on any atom is 0.342 e. The summed E-state index contributed by atoms with van der Waals surface area (Å²) in [4.78, 5) is 24.6. The van der Waals surface area contributed by atoms with E-state index in [4.69, 9.17) is 9.47 Å². The first-order valence-electron chi connectivity index (χ1n) is 6.72. The molecule has 1 aromatic carbocycles. The van der Waals surface area contributed by atoms with Gasteiger partial charge in [0, 0.05) is 20.5 Å². The van der Waals surface area contributed by atoms with Crippen LogP contribution in [0.25, 0.3) is 0 Å². The lowest BCUT2D eigenvalue weighted by Crippen LogP contribution is -2.35. The molecule has 114 valence electrons. The first-order valence-corrected chi connectivity index (χ1v) is 7.80. The molecule has 6 heteroatoms. The Kier molecular flexibility index (Phi) is 3.72. The van der Waals surface area contributed by atoms with E-state index in [1.807, 2.05) is 12.1 Å². The molecule has 1 aromatic rings. The summed E-state index contributed by atoms with van der Waals surface area (Å²) < 4.78 is 11.3. The van der Waals surface area contributed by atoms with Gasteiger partial charge < -0.3 is 14.8 Å². The third kappa shape index (κ3) is 2.22. The van der Waals surface area contributed by atoms with Crippen molar-refractivity contribution in [2.45, 2.75) is 19.8 Å². The van der Waals surface area contributed by atoms with Crippen LogP contribution in [0.15, 0.2) is 40.7 Å². The van der Waals surface area contributed by atoms with Crippen LogP contribution in [0.1, 0.15) is 25.3 Å². The molecule has 0 radical (unpaired) electrons. The van der Waals surface area contributed by atoms with Gasteiger partial charge in [0.25, 0.3) is 0 Å². The van der Waals surface area contributed by atoms with Crippen LogP contribution >= 0.6 is 22.6 Å². The lowest BCUT2D eigenvalue weighted by atomic mass is 9.79. The number of carbonyl (C=O) groups excluding carboxylic acids is 2. The minimum atomic E-state index is -0.459. The van der Waals surface area contributed by atoms with Gasteiger partial charge in [0.2, 0.25) is 0 Å². The number of hydrogen-bond donors (Lipinski definition) is 1. The number of nitrogens with one attached hydrogen (secondary N) is 1. The SMILES string of the molecule is COC(=O)C1=C(C)NC(C)=C2C(=O)Oc3ccc(I)cc3C12. The van der Waals surface area contributed by atoms with Crippen LogP contribution in [0.4, 0.5) is 0 Å². The van der Waals surface area contributed by atoms with Crippen LogP contribution < -0.4 is 10.1 Å². The number of dihydropyridines is 1.